The van der Waals surface area contributed by atoms with E-state index in [0.717, 1.165) is 5.56 Å². The zero-order valence-corrected chi connectivity index (χ0v) is 22.4. The number of aromatic nitrogens is 4. The number of hydrogen-bond donors (Lipinski definition) is 3. The van der Waals surface area contributed by atoms with Crippen LogP contribution in [-0.2, 0) is 32.0 Å². The number of nitrogens with zero attached hydrogens (tertiary/aromatic N) is 4. The number of ether oxygens (including phenoxy) is 2. The van der Waals surface area contributed by atoms with Gasteiger partial charge in [-0.05, 0) is 22.7 Å². The van der Waals surface area contributed by atoms with Crippen LogP contribution in [0.3, 0.4) is 0 Å². The molecule has 3 N–H and O–H groups in total. The van der Waals surface area contributed by atoms with Gasteiger partial charge >= 0.3 is 11.9 Å². The molecule has 2 aromatic carbocycles. The average Bonchev–Trinajstić information content (AvgIpc) is 3.58. The summed E-state index contributed by atoms with van der Waals surface area (Å²) in [6.07, 6.45) is 5.84. The Morgan fingerprint density at radius 1 is 1.10 bits per heavy atom. The van der Waals surface area contributed by atoms with Crippen molar-refractivity contribution in [2.75, 3.05) is 11.9 Å². The summed E-state index contributed by atoms with van der Waals surface area (Å²) in [7, 11) is 0. The van der Waals surface area contributed by atoms with Gasteiger partial charge in [0.15, 0.2) is 17.0 Å². The molecule has 11 nitrogen and oxygen atoms in total. The summed E-state index contributed by atoms with van der Waals surface area (Å²) < 4.78 is 13.5. The Morgan fingerprint density at radius 2 is 1.76 bits per heavy atom. The van der Waals surface area contributed by atoms with E-state index >= 15 is 0 Å². The van der Waals surface area contributed by atoms with Crippen LogP contribution in [0.15, 0.2) is 67.0 Å². The molecule has 0 radical (unpaired) electrons. The normalized spacial score (nSPS) is 18.7. The van der Waals surface area contributed by atoms with E-state index in [9.17, 15) is 19.8 Å². The van der Waals surface area contributed by atoms with Crippen LogP contribution in [0.2, 0.25) is 5.28 Å². The fourth-order valence-corrected chi connectivity index (χ4v) is 4.93. The van der Waals surface area contributed by atoms with Crippen molar-refractivity contribution in [2.45, 2.75) is 37.3 Å². The number of hydrogen-bond acceptors (Lipinski definition) is 8. The van der Waals surface area contributed by atoms with Crippen LogP contribution >= 0.6 is 11.6 Å². The minimum absolute atomic E-state index is 0.00908. The predicted octanol–water partition coefficient (Wildman–Crippen LogP) is 3.80. The van der Waals surface area contributed by atoms with Gasteiger partial charge in [-0.2, -0.15) is 9.97 Å². The first-order valence-corrected chi connectivity index (χ1v) is 13.1. The van der Waals surface area contributed by atoms with E-state index in [1.54, 1.807) is 41.2 Å². The SMILES string of the molecule is C#CC1CC(n2cnc3c(NCc4ccccc4)nc(Cl)nc32)OC1COC(Cc1ccccc1)(C(=O)O)C(=O)O. The van der Waals surface area contributed by atoms with E-state index in [4.69, 9.17) is 27.5 Å². The summed E-state index contributed by atoms with van der Waals surface area (Å²) in [4.78, 5) is 37.5. The van der Waals surface area contributed by atoms with Gasteiger partial charge < -0.3 is 25.0 Å². The molecule has 0 spiro atoms. The Balaban J connectivity index is 1.35. The van der Waals surface area contributed by atoms with Crippen LogP contribution in [-0.4, -0.2) is 60.0 Å². The molecule has 41 heavy (non-hydrogen) atoms. The van der Waals surface area contributed by atoms with Gasteiger partial charge in [-0.25, -0.2) is 14.6 Å². The molecule has 12 heteroatoms. The quantitative estimate of drug-likeness (QED) is 0.137. The number of imidazole rings is 1. The van der Waals surface area contributed by atoms with Crippen LogP contribution in [0, 0.1) is 18.3 Å². The molecule has 1 aliphatic rings. The molecule has 2 aromatic heterocycles. The first kappa shape index (κ1) is 28.0. The van der Waals surface area contributed by atoms with E-state index < -0.39 is 35.8 Å². The fourth-order valence-electron chi connectivity index (χ4n) is 4.76. The highest BCUT2D eigenvalue weighted by molar-refractivity contribution is 6.28. The van der Waals surface area contributed by atoms with E-state index in [-0.39, 0.29) is 18.3 Å². The molecule has 3 unspecified atom stereocenters. The number of fused-ring (bicyclic) bond motifs is 1. The third-order valence-corrected chi connectivity index (χ3v) is 7.11. The van der Waals surface area contributed by atoms with Crippen molar-refractivity contribution in [2.24, 2.45) is 5.92 Å². The molecule has 3 heterocycles. The number of terminal acetylenes is 1. The zero-order valence-electron chi connectivity index (χ0n) is 21.7. The van der Waals surface area contributed by atoms with Crippen LogP contribution < -0.4 is 5.32 Å². The van der Waals surface area contributed by atoms with Gasteiger partial charge in [0, 0.05) is 19.4 Å². The second-order valence-electron chi connectivity index (χ2n) is 9.55. The van der Waals surface area contributed by atoms with Crippen LogP contribution in [0.4, 0.5) is 5.82 Å². The topological polar surface area (TPSA) is 149 Å². The van der Waals surface area contributed by atoms with E-state index in [1.807, 2.05) is 30.3 Å². The smallest absolute Gasteiger partial charge is 0.348 e. The monoisotopic (exact) mass is 575 g/mol. The van der Waals surface area contributed by atoms with Crippen LogP contribution in [0.25, 0.3) is 11.2 Å². The Bertz CT molecular complexity index is 1580. The average molecular weight is 576 g/mol. The molecule has 1 aliphatic heterocycles. The number of aliphatic carboxylic acids is 2. The minimum atomic E-state index is -2.52. The number of halogens is 1. The van der Waals surface area contributed by atoms with Gasteiger partial charge in [0.1, 0.15) is 6.23 Å². The van der Waals surface area contributed by atoms with Gasteiger partial charge in [0.25, 0.3) is 5.60 Å². The van der Waals surface area contributed by atoms with E-state index in [2.05, 4.69) is 26.2 Å². The summed E-state index contributed by atoms with van der Waals surface area (Å²) in [5.74, 6) is -0.640. The number of nitrogens with one attached hydrogen (secondary N) is 1. The van der Waals surface area contributed by atoms with E-state index in [1.165, 1.54) is 0 Å². The van der Waals surface area contributed by atoms with Crippen molar-refractivity contribution in [3.05, 3.63) is 83.4 Å². The predicted molar refractivity (Wildman–Crippen MR) is 149 cm³/mol. The molecular formula is C29H26ClN5O6. The maximum atomic E-state index is 12.2. The number of carboxylic acid groups (broad SMARTS) is 2. The van der Waals surface area contributed by atoms with Gasteiger partial charge in [-0.1, -0.05) is 60.7 Å². The van der Waals surface area contributed by atoms with E-state index in [0.29, 0.717) is 35.5 Å². The lowest BCUT2D eigenvalue weighted by molar-refractivity contribution is -0.188. The Morgan fingerprint density at radius 3 is 2.39 bits per heavy atom. The first-order valence-electron chi connectivity index (χ1n) is 12.7. The van der Waals surface area contributed by atoms with Gasteiger partial charge in [-0.3, -0.25) is 4.57 Å². The lowest BCUT2D eigenvalue weighted by atomic mass is 9.94. The molecule has 1 saturated heterocycles. The number of benzene rings is 2. The van der Waals surface area contributed by atoms with Crippen molar-refractivity contribution in [1.29, 1.82) is 0 Å². The molecular weight excluding hydrogens is 550 g/mol. The molecule has 210 valence electrons. The standard InChI is InChI=1S/C29H26ClN5O6/c1-2-20-13-22(41-21(20)16-40-29(26(36)37,27(38)39)14-18-9-5-3-6-10-18)35-17-32-23-24(33-28(30)34-25(23)35)31-15-19-11-7-4-8-12-19/h1,3-12,17,20-22H,13-16H2,(H,36,37)(H,38,39)(H,31,33,34). The molecule has 1 fully saturated rings. The minimum Gasteiger partial charge on any atom is -0.479 e. The maximum absolute atomic E-state index is 12.2. The molecule has 0 bridgehead atoms. The maximum Gasteiger partial charge on any atom is 0.348 e. The number of rotatable bonds is 11. The van der Waals surface area contributed by atoms with Crippen molar-refractivity contribution in [3.8, 4) is 12.3 Å². The Hall–Kier alpha value is -4.50. The summed E-state index contributed by atoms with van der Waals surface area (Å²) >= 11 is 6.24. The Kier molecular flexibility index (Phi) is 8.16. The van der Waals surface area contributed by atoms with Crippen LogP contribution in [0.5, 0.6) is 0 Å². The zero-order chi connectivity index (χ0) is 29.0. The second kappa shape index (κ2) is 11.9. The number of anilines is 1. The third-order valence-electron chi connectivity index (χ3n) is 6.94. The third kappa shape index (κ3) is 5.85. The highest BCUT2D eigenvalue weighted by Crippen LogP contribution is 2.36. The number of carboxylic acids is 2. The summed E-state index contributed by atoms with van der Waals surface area (Å²) in [5, 5.41) is 23.1. The van der Waals surface area contributed by atoms with Crippen molar-refractivity contribution in [3.63, 3.8) is 0 Å². The molecule has 4 aromatic rings. The summed E-state index contributed by atoms with van der Waals surface area (Å²) in [5.41, 5.74) is -0.0974. The molecule has 3 atom stereocenters. The molecule has 0 amide bonds. The fraction of sp³-hybridized carbons (Fsp3) is 0.276. The highest BCUT2D eigenvalue weighted by Gasteiger charge is 2.50. The first-order chi connectivity index (χ1) is 19.8. The summed E-state index contributed by atoms with van der Waals surface area (Å²) in [6.45, 7) is 0.135. The second-order valence-corrected chi connectivity index (χ2v) is 9.89. The Labute approximate surface area is 240 Å². The molecule has 5 rings (SSSR count). The van der Waals surface area contributed by atoms with Gasteiger partial charge in [0.05, 0.1) is 25.0 Å². The lowest BCUT2D eigenvalue weighted by Gasteiger charge is -2.27. The van der Waals surface area contributed by atoms with Gasteiger partial charge in [-0.15, -0.1) is 12.3 Å². The largest absolute Gasteiger partial charge is 0.479 e. The van der Waals surface area contributed by atoms with Crippen molar-refractivity contribution < 1.29 is 29.3 Å². The summed E-state index contributed by atoms with van der Waals surface area (Å²) in [6, 6.07) is 18.2. The molecule has 0 saturated carbocycles. The molecule has 0 aliphatic carbocycles. The van der Waals surface area contributed by atoms with Crippen molar-refractivity contribution >= 4 is 40.5 Å². The highest BCUT2D eigenvalue weighted by atomic mass is 35.5. The lowest BCUT2D eigenvalue weighted by Crippen LogP contribution is -2.52. The number of carbonyl (C=O) groups is 2. The van der Waals surface area contributed by atoms with Crippen LogP contribution in [0.1, 0.15) is 23.8 Å². The van der Waals surface area contributed by atoms with Gasteiger partial charge in [0.2, 0.25) is 5.28 Å². The van der Waals surface area contributed by atoms with Crippen molar-refractivity contribution in [1.82, 2.24) is 19.5 Å².